The number of nitrogens with two attached hydrogens (primary N) is 1. The lowest BCUT2D eigenvalue weighted by molar-refractivity contribution is 0.1000. The van der Waals surface area contributed by atoms with E-state index in [0.29, 0.717) is 10.6 Å². The van der Waals surface area contributed by atoms with Crippen molar-refractivity contribution in [3.63, 3.8) is 0 Å². The zero-order chi connectivity index (χ0) is 19.4. The lowest BCUT2D eigenvalue weighted by Crippen LogP contribution is -2.14. The van der Waals surface area contributed by atoms with Crippen LogP contribution < -0.4 is 5.73 Å². The summed E-state index contributed by atoms with van der Waals surface area (Å²) in [5.74, 6) is -0.404. The minimum Gasteiger partial charge on any atom is -0.366 e. The van der Waals surface area contributed by atoms with Crippen molar-refractivity contribution < 1.29 is 4.79 Å². The fourth-order valence-corrected chi connectivity index (χ4v) is 3.97. The van der Waals surface area contributed by atoms with Gasteiger partial charge in [0.05, 0.1) is 5.56 Å². The molecular weight excluding hydrogens is 356 g/mol. The van der Waals surface area contributed by atoms with Gasteiger partial charge < -0.3 is 10.3 Å². The molecule has 0 bridgehead atoms. The Kier molecular flexibility index (Phi) is 6.02. The molecule has 1 heterocycles. The fourth-order valence-electron chi connectivity index (χ4n) is 3.74. The highest BCUT2D eigenvalue weighted by atomic mass is 35.5. The molecule has 0 aliphatic rings. The number of benzene rings is 2. The molecule has 0 atom stereocenters. The van der Waals surface area contributed by atoms with Crippen molar-refractivity contribution in [3.8, 4) is 11.1 Å². The summed E-state index contributed by atoms with van der Waals surface area (Å²) < 4.78 is 2.25. The van der Waals surface area contributed by atoms with Crippen LogP contribution >= 0.6 is 11.6 Å². The first-order valence-corrected chi connectivity index (χ1v) is 9.73. The molecule has 2 N–H and O–H groups in total. The van der Waals surface area contributed by atoms with E-state index in [0.717, 1.165) is 48.3 Å². The van der Waals surface area contributed by atoms with E-state index in [1.807, 2.05) is 37.3 Å². The molecule has 0 aliphatic heterocycles. The third-order valence-corrected chi connectivity index (χ3v) is 5.30. The maximum absolute atomic E-state index is 12.3. The maximum atomic E-state index is 12.3. The van der Waals surface area contributed by atoms with Crippen LogP contribution in [0.5, 0.6) is 0 Å². The summed E-state index contributed by atoms with van der Waals surface area (Å²) >= 11 is 6.48. The van der Waals surface area contributed by atoms with Crippen molar-refractivity contribution in [2.45, 2.75) is 39.7 Å². The van der Waals surface area contributed by atoms with Crippen molar-refractivity contribution in [2.24, 2.45) is 5.73 Å². The van der Waals surface area contributed by atoms with Crippen LogP contribution in [0.4, 0.5) is 0 Å². The predicted octanol–water partition coefficient (Wildman–Crippen LogP) is 5.41. The van der Waals surface area contributed by atoms with Gasteiger partial charge >= 0.3 is 0 Å². The lowest BCUT2D eigenvalue weighted by atomic mass is 9.98. The maximum Gasteiger partial charge on any atom is 0.251 e. The number of carbonyl (C=O) groups is 1. The molecule has 1 aromatic heterocycles. The van der Waals surface area contributed by atoms with Crippen molar-refractivity contribution in [2.75, 3.05) is 0 Å². The Morgan fingerprint density at radius 3 is 2.33 bits per heavy atom. The molecule has 2 aromatic carbocycles. The first-order chi connectivity index (χ1) is 13.0. The minimum absolute atomic E-state index is 0.404. The van der Waals surface area contributed by atoms with Gasteiger partial charge in [-0.3, -0.25) is 4.79 Å². The van der Waals surface area contributed by atoms with Gasteiger partial charge in [-0.15, -0.1) is 0 Å². The third-order valence-electron chi connectivity index (χ3n) is 4.97. The highest BCUT2D eigenvalue weighted by Gasteiger charge is 2.25. The number of hydrogen-bond donors (Lipinski definition) is 1. The summed E-state index contributed by atoms with van der Waals surface area (Å²) in [5.41, 5.74) is 11.5. The molecule has 3 aromatic rings. The molecule has 1 amide bonds. The first kappa shape index (κ1) is 19.2. The lowest BCUT2D eigenvalue weighted by Gasteiger charge is -2.13. The smallest absolute Gasteiger partial charge is 0.251 e. The zero-order valence-electron chi connectivity index (χ0n) is 15.8. The third kappa shape index (κ3) is 3.93. The molecule has 0 fully saturated rings. The molecule has 0 radical (unpaired) electrons. The number of primary amides is 1. The van der Waals surface area contributed by atoms with Gasteiger partial charge in [-0.1, -0.05) is 73.5 Å². The van der Waals surface area contributed by atoms with Crippen LogP contribution in [0.2, 0.25) is 5.02 Å². The average Bonchev–Trinajstić information content (AvgIpc) is 2.93. The summed E-state index contributed by atoms with van der Waals surface area (Å²) in [6, 6.07) is 18.0. The zero-order valence-corrected chi connectivity index (χ0v) is 16.6. The van der Waals surface area contributed by atoms with Crippen molar-refractivity contribution >= 4 is 17.5 Å². The second kappa shape index (κ2) is 8.45. The number of hydrogen-bond acceptors (Lipinski definition) is 1. The SMILES string of the molecule is CCCc1c(-c2ccccc2Cl)c(C(N)=O)c(C)n1CCc1ccccc1. The average molecular weight is 381 g/mol. The van der Waals surface area contributed by atoms with E-state index in [-0.39, 0.29) is 0 Å². The Morgan fingerprint density at radius 1 is 1.04 bits per heavy atom. The number of rotatable bonds is 7. The number of nitrogens with zero attached hydrogens (tertiary/aromatic N) is 1. The van der Waals surface area contributed by atoms with Gasteiger partial charge in [0.2, 0.25) is 0 Å². The summed E-state index contributed by atoms with van der Waals surface area (Å²) in [5, 5.41) is 0.637. The Hall–Kier alpha value is -2.52. The molecule has 3 rings (SSSR count). The second-order valence-electron chi connectivity index (χ2n) is 6.76. The van der Waals surface area contributed by atoms with E-state index < -0.39 is 5.91 Å². The number of halogens is 1. The summed E-state index contributed by atoms with van der Waals surface area (Å²) in [6.45, 7) is 4.92. The molecule has 140 valence electrons. The Morgan fingerprint density at radius 2 is 1.70 bits per heavy atom. The number of carbonyl (C=O) groups excluding carboxylic acids is 1. The summed E-state index contributed by atoms with van der Waals surface area (Å²) in [4.78, 5) is 12.3. The van der Waals surface area contributed by atoms with Crippen LogP contribution in [-0.2, 0) is 19.4 Å². The van der Waals surface area contributed by atoms with Gasteiger partial charge in [0.1, 0.15) is 0 Å². The van der Waals surface area contributed by atoms with Crippen LogP contribution in [0.3, 0.4) is 0 Å². The van der Waals surface area contributed by atoms with Crippen LogP contribution in [0.1, 0.15) is 40.7 Å². The van der Waals surface area contributed by atoms with Crippen molar-refractivity contribution in [1.29, 1.82) is 0 Å². The molecule has 0 aliphatic carbocycles. The monoisotopic (exact) mass is 380 g/mol. The summed E-state index contributed by atoms with van der Waals surface area (Å²) in [7, 11) is 0. The Bertz CT molecular complexity index is 945. The highest BCUT2D eigenvalue weighted by Crippen LogP contribution is 2.37. The van der Waals surface area contributed by atoms with Crippen LogP contribution in [0.25, 0.3) is 11.1 Å². The standard InChI is InChI=1S/C23H25ClN2O/c1-3-9-20-22(18-12-7-8-13-19(18)24)21(23(25)27)16(2)26(20)15-14-17-10-5-4-6-11-17/h4-8,10-13H,3,9,14-15H2,1-2H3,(H2,25,27). The van der Waals surface area contributed by atoms with Gasteiger partial charge in [-0.05, 0) is 31.4 Å². The van der Waals surface area contributed by atoms with Gasteiger partial charge in [0.15, 0.2) is 0 Å². The number of aromatic nitrogens is 1. The van der Waals surface area contributed by atoms with E-state index in [1.54, 1.807) is 0 Å². The molecule has 4 heteroatoms. The molecule has 0 saturated carbocycles. The van der Waals surface area contributed by atoms with E-state index in [4.69, 9.17) is 17.3 Å². The van der Waals surface area contributed by atoms with E-state index in [9.17, 15) is 4.79 Å². The normalized spacial score (nSPS) is 10.9. The molecule has 0 spiro atoms. The van der Waals surface area contributed by atoms with Gasteiger partial charge in [-0.25, -0.2) is 0 Å². The van der Waals surface area contributed by atoms with E-state index >= 15 is 0 Å². The minimum atomic E-state index is -0.404. The second-order valence-corrected chi connectivity index (χ2v) is 7.17. The molecule has 27 heavy (non-hydrogen) atoms. The van der Waals surface area contributed by atoms with Crippen molar-refractivity contribution in [3.05, 3.63) is 82.1 Å². The molecule has 3 nitrogen and oxygen atoms in total. The highest BCUT2D eigenvalue weighted by molar-refractivity contribution is 6.33. The van der Waals surface area contributed by atoms with Gasteiger partial charge in [0, 0.05) is 34.1 Å². The van der Waals surface area contributed by atoms with Crippen molar-refractivity contribution in [1.82, 2.24) is 4.57 Å². The van der Waals surface area contributed by atoms with Crippen LogP contribution in [-0.4, -0.2) is 10.5 Å². The largest absolute Gasteiger partial charge is 0.366 e. The van der Waals surface area contributed by atoms with E-state index in [2.05, 4.69) is 35.8 Å². The van der Waals surface area contributed by atoms with E-state index in [1.165, 1.54) is 5.56 Å². The van der Waals surface area contributed by atoms with Gasteiger partial charge in [-0.2, -0.15) is 0 Å². The predicted molar refractivity (Wildman–Crippen MR) is 112 cm³/mol. The molecule has 0 saturated heterocycles. The molecular formula is C23H25ClN2O. The topological polar surface area (TPSA) is 48.0 Å². The fraction of sp³-hybridized carbons (Fsp3) is 0.261. The summed E-state index contributed by atoms with van der Waals surface area (Å²) in [6.07, 6.45) is 2.74. The Labute approximate surface area is 165 Å². The van der Waals surface area contributed by atoms with Crippen LogP contribution in [0.15, 0.2) is 54.6 Å². The van der Waals surface area contributed by atoms with Gasteiger partial charge in [0.25, 0.3) is 5.91 Å². The first-order valence-electron chi connectivity index (χ1n) is 9.35. The van der Waals surface area contributed by atoms with Crippen LogP contribution in [0, 0.1) is 6.92 Å². The number of aryl methyl sites for hydroxylation is 1. The quantitative estimate of drug-likeness (QED) is 0.585. The Balaban J connectivity index is 2.14. The number of amides is 1. The molecule has 0 unspecified atom stereocenters.